The van der Waals surface area contributed by atoms with Crippen molar-refractivity contribution in [2.75, 3.05) is 32.7 Å². The lowest BCUT2D eigenvalue weighted by Gasteiger charge is -2.13. The molecule has 1 heterocycles. The molecule has 1 aliphatic heterocycles. The average Bonchev–Trinajstić information content (AvgIpc) is 3.07. The molecule has 0 aromatic heterocycles. The van der Waals surface area contributed by atoms with E-state index in [1.165, 1.54) is 32.4 Å². The van der Waals surface area contributed by atoms with E-state index in [2.05, 4.69) is 32.6 Å². The summed E-state index contributed by atoms with van der Waals surface area (Å²) in [6.45, 7) is 1.77. The van der Waals surface area contributed by atoms with Crippen LogP contribution in [0.5, 0.6) is 11.5 Å². The van der Waals surface area contributed by atoms with Gasteiger partial charge in [0.05, 0.1) is 39.9 Å². The Morgan fingerprint density at radius 1 is 1.20 bits per heavy atom. The minimum Gasteiger partial charge on any atom is -0.492 e. The van der Waals surface area contributed by atoms with Crippen LogP contribution in [0.2, 0.25) is 5.02 Å². The summed E-state index contributed by atoms with van der Waals surface area (Å²) in [4.78, 5) is 50.7. The second kappa shape index (κ2) is 11.8. The summed E-state index contributed by atoms with van der Waals surface area (Å²) in [6, 6.07) is 7.77. The smallest absolute Gasteiger partial charge is 0.339 e. The molecule has 0 atom stereocenters. The molecule has 0 radical (unpaired) electrons. The van der Waals surface area contributed by atoms with E-state index in [1.54, 1.807) is 18.2 Å². The van der Waals surface area contributed by atoms with Crippen LogP contribution in [0.15, 0.2) is 35.2 Å². The lowest BCUT2D eigenvalue weighted by Crippen LogP contribution is -2.36. The van der Waals surface area contributed by atoms with Crippen molar-refractivity contribution in [1.82, 2.24) is 4.90 Å². The van der Waals surface area contributed by atoms with Gasteiger partial charge < -0.3 is 19.5 Å². The third kappa shape index (κ3) is 6.27. The third-order valence-corrected chi connectivity index (χ3v) is 6.70. The molecule has 0 spiro atoms. The molecule has 12 heteroatoms. The highest BCUT2D eigenvalue weighted by Gasteiger charge is 2.36. The van der Waals surface area contributed by atoms with Gasteiger partial charge in [-0.2, -0.15) is 0 Å². The van der Waals surface area contributed by atoms with Crippen LogP contribution in [-0.4, -0.2) is 55.3 Å². The molecule has 35 heavy (non-hydrogen) atoms. The van der Waals surface area contributed by atoms with Crippen molar-refractivity contribution in [2.24, 2.45) is 0 Å². The number of anilines is 1. The summed E-state index contributed by atoms with van der Waals surface area (Å²) in [5.74, 6) is -0.787. The van der Waals surface area contributed by atoms with Crippen molar-refractivity contribution in [2.45, 2.75) is 6.92 Å². The van der Waals surface area contributed by atoms with Crippen molar-refractivity contribution in [3.63, 3.8) is 0 Å². The Labute approximate surface area is 224 Å². The summed E-state index contributed by atoms with van der Waals surface area (Å²) in [7, 11) is 2.75. The fourth-order valence-electron chi connectivity index (χ4n) is 3.13. The Kier molecular flexibility index (Phi) is 9.03. The SMILES string of the molecule is CCOc1cc(/C=C2/SC(=O)N(CC(=O)Nc3ccc(Cl)c(C(=O)OC)c3)C2=O)cc(I)c1OC. The minimum absolute atomic E-state index is 0.0709. The first-order valence-electron chi connectivity index (χ1n) is 10.1. The first-order valence-corrected chi connectivity index (χ1v) is 12.4. The molecule has 9 nitrogen and oxygen atoms in total. The van der Waals surface area contributed by atoms with Crippen molar-refractivity contribution >= 4 is 80.7 Å². The number of imide groups is 1. The van der Waals surface area contributed by atoms with Crippen LogP contribution in [0.3, 0.4) is 0 Å². The van der Waals surface area contributed by atoms with E-state index >= 15 is 0 Å². The number of benzene rings is 2. The van der Waals surface area contributed by atoms with Gasteiger partial charge in [-0.1, -0.05) is 11.6 Å². The zero-order chi connectivity index (χ0) is 25.7. The number of carbonyl (C=O) groups excluding carboxylic acids is 4. The van der Waals surface area contributed by atoms with Gasteiger partial charge >= 0.3 is 5.97 Å². The molecule has 2 aromatic carbocycles. The number of methoxy groups -OCH3 is 2. The monoisotopic (exact) mass is 630 g/mol. The third-order valence-electron chi connectivity index (χ3n) is 4.66. The molecule has 3 rings (SSSR count). The van der Waals surface area contributed by atoms with E-state index < -0.39 is 29.6 Å². The highest BCUT2D eigenvalue weighted by Crippen LogP contribution is 2.37. The van der Waals surface area contributed by atoms with Gasteiger partial charge in [-0.05, 0) is 83.2 Å². The molecule has 1 N–H and O–H groups in total. The van der Waals surface area contributed by atoms with Gasteiger partial charge in [-0.15, -0.1) is 0 Å². The Balaban J connectivity index is 1.75. The van der Waals surface area contributed by atoms with Crippen LogP contribution in [0.25, 0.3) is 6.08 Å². The Morgan fingerprint density at radius 3 is 2.60 bits per heavy atom. The summed E-state index contributed by atoms with van der Waals surface area (Å²) in [6.07, 6.45) is 1.56. The van der Waals surface area contributed by atoms with Crippen molar-refractivity contribution < 1.29 is 33.4 Å². The van der Waals surface area contributed by atoms with Crippen LogP contribution in [0.4, 0.5) is 10.5 Å². The molecule has 184 valence electrons. The van der Waals surface area contributed by atoms with Crippen LogP contribution >= 0.6 is 46.0 Å². The van der Waals surface area contributed by atoms with Gasteiger partial charge in [-0.3, -0.25) is 19.3 Å². The van der Waals surface area contributed by atoms with Gasteiger partial charge in [0.25, 0.3) is 11.1 Å². The average molecular weight is 631 g/mol. The highest BCUT2D eigenvalue weighted by molar-refractivity contribution is 14.1. The molecular weight excluding hydrogens is 611 g/mol. The summed E-state index contributed by atoms with van der Waals surface area (Å²) >= 11 is 8.81. The van der Waals surface area contributed by atoms with Crippen molar-refractivity contribution in [3.8, 4) is 11.5 Å². The van der Waals surface area contributed by atoms with Crippen LogP contribution in [0.1, 0.15) is 22.8 Å². The standard InChI is InChI=1S/C23H20ClIN2O7S/c1-4-34-17-8-12(7-16(25)20(17)32-2)9-18-21(29)27(23(31)35-18)11-19(28)26-13-5-6-15(24)14(10-13)22(30)33-3/h5-10H,4,11H2,1-3H3,(H,26,28)/b18-9+. The van der Waals surface area contributed by atoms with Gasteiger partial charge in [0, 0.05) is 5.69 Å². The molecule has 0 aliphatic carbocycles. The van der Waals surface area contributed by atoms with E-state index in [4.69, 9.17) is 21.1 Å². The summed E-state index contributed by atoms with van der Waals surface area (Å²) < 4.78 is 16.4. The summed E-state index contributed by atoms with van der Waals surface area (Å²) in [5, 5.41) is 2.14. The molecule has 1 aliphatic rings. The quantitative estimate of drug-likeness (QED) is 0.251. The predicted molar refractivity (Wildman–Crippen MR) is 141 cm³/mol. The van der Waals surface area contributed by atoms with E-state index in [1.807, 2.05) is 6.92 Å². The fourth-order valence-corrected chi connectivity index (χ4v) is 5.01. The lowest BCUT2D eigenvalue weighted by atomic mass is 10.2. The second-order valence-electron chi connectivity index (χ2n) is 6.97. The van der Waals surface area contributed by atoms with E-state index in [9.17, 15) is 19.2 Å². The maximum atomic E-state index is 12.9. The Hall–Kier alpha value is -2.77. The molecule has 0 unspecified atom stereocenters. The number of thioether (sulfide) groups is 1. The number of ether oxygens (including phenoxy) is 3. The van der Waals surface area contributed by atoms with E-state index in [0.29, 0.717) is 23.7 Å². The van der Waals surface area contributed by atoms with Gasteiger partial charge in [-0.25, -0.2) is 4.79 Å². The van der Waals surface area contributed by atoms with Crippen LogP contribution < -0.4 is 14.8 Å². The molecule has 3 amide bonds. The Morgan fingerprint density at radius 2 is 1.94 bits per heavy atom. The maximum absolute atomic E-state index is 12.9. The molecular formula is C23H20ClIN2O7S. The van der Waals surface area contributed by atoms with Crippen LogP contribution in [0, 0.1) is 3.57 Å². The van der Waals surface area contributed by atoms with Crippen molar-refractivity contribution in [1.29, 1.82) is 0 Å². The number of hydrogen-bond acceptors (Lipinski definition) is 8. The number of esters is 1. The van der Waals surface area contributed by atoms with E-state index in [-0.39, 0.29) is 21.2 Å². The highest BCUT2D eigenvalue weighted by atomic mass is 127. The zero-order valence-electron chi connectivity index (χ0n) is 18.8. The number of hydrogen-bond donors (Lipinski definition) is 1. The molecule has 0 saturated carbocycles. The van der Waals surface area contributed by atoms with E-state index in [0.717, 1.165) is 20.2 Å². The largest absolute Gasteiger partial charge is 0.492 e. The predicted octanol–water partition coefficient (Wildman–Crippen LogP) is 4.81. The number of rotatable bonds is 8. The number of nitrogens with zero attached hydrogens (tertiary/aromatic N) is 1. The molecule has 2 aromatic rings. The molecule has 1 saturated heterocycles. The van der Waals surface area contributed by atoms with Gasteiger partial charge in [0.2, 0.25) is 5.91 Å². The summed E-state index contributed by atoms with van der Waals surface area (Å²) in [5.41, 5.74) is 0.977. The lowest BCUT2D eigenvalue weighted by molar-refractivity contribution is -0.127. The normalized spacial score (nSPS) is 14.3. The van der Waals surface area contributed by atoms with Gasteiger partial charge in [0.15, 0.2) is 11.5 Å². The molecule has 0 bridgehead atoms. The zero-order valence-corrected chi connectivity index (χ0v) is 22.6. The maximum Gasteiger partial charge on any atom is 0.339 e. The number of halogens is 2. The topological polar surface area (TPSA) is 111 Å². The fraction of sp³-hybridized carbons (Fsp3) is 0.217. The van der Waals surface area contributed by atoms with Crippen molar-refractivity contribution in [3.05, 3.63) is 55.0 Å². The molecule has 1 fully saturated rings. The first kappa shape index (κ1) is 26.8. The van der Waals surface area contributed by atoms with Gasteiger partial charge in [0.1, 0.15) is 6.54 Å². The first-order chi connectivity index (χ1) is 16.7. The Bertz CT molecular complexity index is 1230. The number of nitrogens with one attached hydrogen (secondary N) is 1. The minimum atomic E-state index is -0.664. The number of carbonyl (C=O) groups is 4. The second-order valence-corrected chi connectivity index (χ2v) is 9.53. The number of amides is 3. The van der Waals surface area contributed by atoms with Crippen LogP contribution in [-0.2, 0) is 14.3 Å².